The first-order chi connectivity index (χ1) is 13.6. The van der Waals surface area contributed by atoms with E-state index in [0.717, 1.165) is 29.0 Å². The van der Waals surface area contributed by atoms with Gasteiger partial charge in [-0.25, -0.2) is 0 Å². The van der Waals surface area contributed by atoms with E-state index in [-0.39, 0.29) is 11.6 Å². The SMILES string of the molecule is CCc1sc(C(=O)N2CCN(c3ccc(C(F)(F)F)cc3[N+](=O)[O-])CC2)cc1C. The van der Waals surface area contributed by atoms with Crippen molar-refractivity contribution in [2.75, 3.05) is 31.1 Å². The number of nitro benzene ring substituents is 1. The van der Waals surface area contributed by atoms with Gasteiger partial charge in [0.1, 0.15) is 5.69 Å². The highest BCUT2D eigenvalue weighted by Crippen LogP contribution is 2.37. The molecule has 0 N–H and O–H groups in total. The molecule has 0 unspecified atom stereocenters. The lowest BCUT2D eigenvalue weighted by Crippen LogP contribution is -2.48. The summed E-state index contributed by atoms with van der Waals surface area (Å²) in [7, 11) is 0. The van der Waals surface area contributed by atoms with Gasteiger partial charge in [0.15, 0.2) is 0 Å². The Labute approximate surface area is 169 Å². The summed E-state index contributed by atoms with van der Waals surface area (Å²) in [6, 6.07) is 4.42. The van der Waals surface area contributed by atoms with Gasteiger partial charge in [0.2, 0.25) is 0 Å². The summed E-state index contributed by atoms with van der Waals surface area (Å²) in [5, 5.41) is 11.3. The number of nitro groups is 1. The standard InChI is InChI=1S/C19H20F3N3O3S/c1-3-16-12(2)10-17(29-16)18(26)24-8-6-23(7-9-24)14-5-4-13(19(20,21)22)11-15(14)25(27)28/h4-5,10-11H,3,6-9H2,1-2H3. The molecular formula is C19H20F3N3O3S. The summed E-state index contributed by atoms with van der Waals surface area (Å²) in [6.07, 6.45) is -3.79. The number of hydrogen-bond acceptors (Lipinski definition) is 5. The molecule has 10 heteroatoms. The fourth-order valence-corrected chi connectivity index (χ4v) is 4.48. The van der Waals surface area contributed by atoms with E-state index in [0.29, 0.717) is 37.1 Å². The van der Waals surface area contributed by atoms with Crippen LogP contribution in [0.5, 0.6) is 0 Å². The number of carbonyl (C=O) groups is 1. The zero-order valence-electron chi connectivity index (χ0n) is 16.0. The van der Waals surface area contributed by atoms with E-state index in [2.05, 4.69) is 0 Å². The highest BCUT2D eigenvalue weighted by Gasteiger charge is 2.34. The maximum absolute atomic E-state index is 12.9. The number of benzene rings is 1. The molecule has 1 amide bonds. The number of alkyl halides is 3. The van der Waals surface area contributed by atoms with Gasteiger partial charge >= 0.3 is 6.18 Å². The molecule has 1 fully saturated rings. The van der Waals surface area contributed by atoms with E-state index in [1.54, 1.807) is 9.80 Å². The Morgan fingerprint density at radius 3 is 2.38 bits per heavy atom. The Morgan fingerprint density at radius 1 is 1.21 bits per heavy atom. The molecule has 0 spiro atoms. The number of thiophene rings is 1. The van der Waals surface area contributed by atoms with Crippen molar-refractivity contribution in [2.45, 2.75) is 26.4 Å². The Hall–Kier alpha value is -2.62. The molecule has 0 aliphatic carbocycles. The molecule has 2 heterocycles. The fourth-order valence-electron chi connectivity index (χ4n) is 3.40. The van der Waals surface area contributed by atoms with Gasteiger partial charge in [-0.05, 0) is 37.1 Å². The van der Waals surface area contributed by atoms with Gasteiger partial charge in [-0.3, -0.25) is 14.9 Å². The Bertz CT molecular complexity index is 935. The molecule has 0 atom stereocenters. The number of piperazine rings is 1. The summed E-state index contributed by atoms with van der Waals surface area (Å²) < 4.78 is 38.6. The van der Waals surface area contributed by atoms with Gasteiger partial charge in [-0.1, -0.05) is 6.92 Å². The number of amides is 1. The van der Waals surface area contributed by atoms with Gasteiger partial charge < -0.3 is 9.80 Å². The van der Waals surface area contributed by atoms with E-state index in [1.165, 1.54) is 11.3 Å². The van der Waals surface area contributed by atoms with Crippen LogP contribution in [0, 0.1) is 17.0 Å². The van der Waals surface area contributed by atoms with Crippen LogP contribution in [0.3, 0.4) is 0 Å². The molecule has 6 nitrogen and oxygen atoms in total. The highest BCUT2D eigenvalue weighted by molar-refractivity contribution is 7.14. The number of hydrogen-bond donors (Lipinski definition) is 0. The molecule has 0 saturated carbocycles. The van der Waals surface area contributed by atoms with Crippen molar-refractivity contribution >= 4 is 28.6 Å². The van der Waals surface area contributed by atoms with Crippen molar-refractivity contribution in [3.8, 4) is 0 Å². The molecule has 1 aliphatic rings. The second-order valence-electron chi connectivity index (χ2n) is 6.81. The minimum Gasteiger partial charge on any atom is -0.362 e. The van der Waals surface area contributed by atoms with Gasteiger partial charge in [0.05, 0.1) is 15.4 Å². The van der Waals surface area contributed by atoms with Crippen molar-refractivity contribution in [2.24, 2.45) is 0 Å². The van der Waals surface area contributed by atoms with E-state index < -0.39 is 22.4 Å². The zero-order chi connectivity index (χ0) is 21.3. The molecule has 2 aromatic rings. The molecule has 1 saturated heterocycles. The summed E-state index contributed by atoms with van der Waals surface area (Å²) in [4.78, 5) is 28.4. The molecule has 156 valence electrons. The van der Waals surface area contributed by atoms with Gasteiger partial charge in [0, 0.05) is 37.1 Å². The van der Waals surface area contributed by atoms with Crippen LogP contribution in [0.25, 0.3) is 0 Å². The Kier molecular flexibility index (Phi) is 5.83. The number of halogens is 3. The number of nitrogens with zero attached hydrogens (tertiary/aromatic N) is 3. The van der Waals surface area contributed by atoms with Crippen LogP contribution in [0.4, 0.5) is 24.5 Å². The first-order valence-corrected chi connectivity index (χ1v) is 9.92. The van der Waals surface area contributed by atoms with Gasteiger partial charge in [-0.2, -0.15) is 13.2 Å². The maximum atomic E-state index is 12.9. The van der Waals surface area contributed by atoms with E-state index in [1.807, 2.05) is 19.9 Å². The second-order valence-corrected chi connectivity index (χ2v) is 7.94. The highest BCUT2D eigenvalue weighted by atomic mass is 32.1. The summed E-state index contributed by atoms with van der Waals surface area (Å²) >= 11 is 1.47. The first-order valence-electron chi connectivity index (χ1n) is 9.11. The third kappa shape index (κ3) is 4.36. The van der Waals surface area contributed by atoms with Crippen molar-refractivity contribution in [3.05, 3.63) is 55.3 Å². The number of anilines is 1. The van der Waals surface area contributed by atoms with Gasteiger partial charge in [-0.15, -0.1) is 11.3 Å². The third-order valence-corrected chi connectivity index (χ3v) is 6.33. The van der Waals surface area contributed by atoms with E-state index in [9.17, 15) is 28.1 Å². The quantitative estimate of drug-likeness (QED) is 0.532. The van der Waals surface area contributed by atoms with Crippen LogP contribution in [0.1, 0.15) is 32.6 Å². The fraction of sp³-hybridized carbons (Fsp3) is 0.421. The normalized spacial score (nSPS) is 14.9. The monoisotopic (exact) mass is 427 g/mol. The average Bonchev–Trinajstić information content (AvgIpc) is 3.07. The molecule has 0 radical (unpaired) electrons. The lowest BCUT2D eigenvalue weighted by atomic mass is 10.1. The third-order valence-electron chi connectivity index (χ3n) is 4.96. The largest absolute Gasteiger partial charge is 0.416 e. The van der Waals surface area contributed by atoms with Crippen LogP contribution in [0.15, 0.2) is 24.3 Å². The molecule has 3 rings (SSSR count). The average molecular weight is 427 g/mol. The molecule has 1 aliphatic heterocycles. The van der Waals surface area contributed by atoms with Crippen molar-refractivity contribution in [3.63, 3.8) is 0 Å². The summed E-state index contributed by atoms with van der Waals surface area (Å²) in [5.41, 5.74) is -0.419. The van der Waals surface area contributed by atoms with Crippen LogP contribution in [0.2, 0.25) is 0 Å². The van der Waals surface area contributed by atoms with Crippen molar-refractivity contribution in [1.82, 2.24) is 4.90 Å². The summed E-state index contributed by atoms with van der Waals surface area (Å²) in [6.45, 7) is 5.30. The first kappa shape index (κ1) is 21.1. The van der Waals surface area contributed by atoms with Crippen LogP contribution < -0.4 is 4.90 Å². The molecule has 1 aromatic heterocycles. The maximum Gasteiger partial charge on any atom is 0.416 e. The lowest BCUT2D eigenvalue weighted by molar-refractivity contribution is -0.384. The molecule has 1 aromatic carbocycles. The number of carbonyl (C=O) groups excluding carboxylic acids is 1. The lowest BCUT2D eigenvalue weighted by Gasteiger charge is -2.35. The molecular weight excluding hydrogens is 407 g/mol. The second kappa shape index (κ2) is 8.02. The molecule has 29 heavy (non-hydrogen) atoms. The molecule has 0 bridgehead atoms. The smallest absolute Gasteiger partial charge is 0.362 e. The van der Waals surface area contributed by atoms with Crippen molar-refractivity contribution in [1.29, 1.82) is 0 Å². The predicted molar refractivity (Wildman–Crippen MR) is 105 cm³/mol. The number of aryl methyl sites for hydroxylation is 2. The van der Waals surface area contributed by atoms with Crippen LogP contribution in [-0.4, -0.2) is 41.9 Å². The van der Waals surface area contributed by atoms with Crippen molar-refractivity contribution < 1.29 is 22.9 Å². The van der Waals surface area contributed by atoms with E-state index in [4.69, 9.17) is 0 Å². The van der Waals surface area contributed by atoms with E-state index >= 15 is 0 Å². The predicted octanol–water partition coefficient (Wildman–Crippen LogP) is 4.51. The topological polar surface area (TPSA) is 66.7 Å². The minimum atomic E-state index is -4.65. The Balaban J connectivity index is 1.75. The van der Waals surface area contributed by atoms with Crippen LogP contribution in [-0.2, 0) is 12.6 Å². The van der Waals surface area contributed by atoms with Gasteiger partial charge in [0.25, 0.3) is 11.6 Å². The number of rotatable bonds is 4. The minimum absolute atomic E-state index is 0.0839. The summed E-state index contributed by atoms with van der Waals surface area (Å²) in [5.74, 6) is -0.0839. The Morgan fingerprint density at radius 2 is 1.86 bits per heavy atom. The van der Waals surface area contributed by atoms with Crippen LogP contribution >= 0.6 is 11.3 Å². The zero-order valence-corrected chi connectivity index (χ0v) is 16.8.